The van der Waals surface area contributed by atoms with Gasteiger partial charge in [0.1, 0.15) is 6.33 Å². The van der Waals surface area contributed by atoms with E-state index in [9.17, 15) is 4.79 Å². The highest BCUT2D eigenvalue weighted by Gasteiger charge is 2.16. The van der Waals surface area contributed by atoms with Crippen LogP contribution in [0.1, 0.15) is 24.0 Å². The number of hydrogen-bond donors (Lipinski definition) is 1. The van der Waals surface area contributed by atoms with E-state index in [1.807, 2.05) is 12.1 Å². The molecule has 0 radical (unpaired) electrons. The molecule has 3 rings (SSSR count). The van der Waals surface area contributed by atoms with Gasteiger partial charge < -0.3 is 5.11 Å². The highest BCUT2D eigenvalue weighted by Crippen LogP contribution is 2.33. The van der Waals surface area contributed by atoms with Gasteiger partial charge in [-0.15, -0.1) is 0 Å². The number of rotatable bonds is 2. The topological polar surface area (TPSA) is 63.1 Å². The SMILES string of the molecule is O=C(O)/C=C1\CCCc2ccc(-c3cncnc3)cc21. The molecule has 1 heterocycles. The Morgan fingerprint density at radius 1 is 1.15 bits per heavy atom. The van der Waals surface area contributed by atoms with Crippen molar-refractivity contribution in [3.05, 3.63) is 54.1 Å². The van der Waals surface area contributed by atoms with E-state index in [0.29, 0.717) is 0 Å². The van der Waals surface area contributed by atoms with E-state index in [1.54, 1.807) is 12.4 Å². The zero-order valence-corrected chi connectivity index (χ0v) is 10.9. The zero-order chi connectivity index (χ0) is 13.9. The lowest BCUT2D eigenvalue weighted by atomic mass is 9.85. The molecule has 4 heteroatoms. The highest BCUT2D eigenvalue weighted by atomic mass is 16.4. The van der Waals surface area contributed by atoms with E-state index in [-0.39, 0.29) is 0 Å². The second-order valence-electron chi connectivity index (χ2n) is 4.86. The van der Waals surface area contributed by atoms with Crippen LogP contribution in [0, 0.1) is 0 Å². The number of aliphatic carboxylic acids is 1. The standard InChI is InChI=1S/C16H14N2O2/c19-16(20)7-13-3-1-2-11-4-5-12(6-15(11)13)14-8-17-10-18-9-14/h4-10H,1-3H2,(H,19,20)/b13-7+. The maximum absolute atomic E-state index is 10.9. The van der Waals surface area contributed by atoms with Crippen LogP contribution in [0.5, 0.6) is 0 Å². The van der Waals surface area contributed by atoms with Crippen LogP contribution >= 0.6 is 0 Å². The lowest BCUT2D eigenvalue weighted by Gasteiger charge is -2.19. The van der Waals surface area contributed by atoms with Crippen molar-refractivity contribution in [2.45, 2.75) is 19.3 Å². The Kier molecular flexibility index (Phi) is 3.29. The van der Waals surface area contributed by atoms with Crippen LogP contribution in [0.15, 0.2) is 43.0 Å². The number of carbonyl (C=O) groups is 1. The molecule has 2 aromatic rings. The third kappa shape index (κ3) is 2.45. The second-order valence-corrected chi connectivity index (χ2v) is 4.86. The molecule has 1 aliphatic rings. The van der Waals surface area contributed by atoms with Crippen molar-refractivity contribution in [1.29, 1.82) is 0 Å². The monoisotopic (exact) mass is 266 g/mol. The average Bonchev–Trinajstić information content (AvgIpc) is 2.47. The number of aromatic nitrogens is 2. The predicted octanol–water partition coefficient (Wildman–Crippen LogP) is 2.95. The molecule has 20 heavy (non-hydrogen) atoms. The third-order valence-electron chi connectivity index (χ3n) is 3.54. The van der Waals surface area contributed by atoms with Gasteiger partial charge in [0.05, 0.1) is 0 Å². The van der Waals surface area contributed by atoms with Crippen molar-refractivity contribution in [3.8, 4) is 11.1 Å². The van der Waals surface area contributed by atoms with Crippen LogP contribution < -0.4 is 0 Å². The number of carboxylic acids is 1. The minimum Gasteiger partial charge on any atom is -0.478 e. The van der Waals surface area contributed by atoms with Gasteiger partial charge in [-0.25, -0.2) is 14.8 Å². The van der Waals surface area contributed by atoms with Crippen molar-refractivity contribution >= 4 is 11.5 Å². The number of fused-ring (bicyclic) bond motifs is 1. The molecule has 0 fully saturated rings. The summed E-state index contributed by atoms with van der Waals surface area (Å²) >= 11 is 0. The fourth-order valence-electron chi connectivity index (χ4n) is 2.62. The quantitative estimate of drug-likeness (QED) is 0.849. The first kappa shape index (κ1) is 12.5. The molecule has 1 aliphatic carbocycles. The number of benzene rings is 1. The zero-order valence-electron chi connectivity index (χ0n) is 10.9. The Hall–Kier alpha value is -2.49. The van der Waals surface area contributed by atoms with E-state index >= 15 is 0 Å². The molecule has 0 saturated heterocycles. The summed E-state index contributed by atoms with van der Waals surface area (Å²) in [5, 5.41) is 8.98. The third-order valence-corrected chi connectivity index (χ3v) is 3.54. The summed E-state index contributed by atoms with van der Waals surface area (Å²) in [5.74, 6) is -0.888. The van der Waals surface area contributed by atoms with Gasteiger partial charge in [0, 0.05) is 24.0 Å². The molecule has 0 aliphatic heterocycles. The van der Waals surface area contributed by atoms with Crippen molar-refractivity contribution in [2.75, 3.05) is 0 Å². The van der Waals surface area contributed by atoms with Gasteiger partial charge in [0.15, 0.2) is 0 Å². The molecule has 0 spiro atoms. The van der Waals surface area contributed by atoms with E-state index in [4.69, 9.17) is 5.11 Å². The number of aryl methyl sites for hydroxylation is 1. The van der Waals surface area contributed by atoms with Gasteiger partial charge in [0.25, 0.3) is 0 Å². The maximum atomic E-state index is 10.9. The first-order valence-corrected chi connectivity index (χ1v) is 6.56. The first-order chi connectivity index (χ1) is 9.74. The lowest BCUT2D eigenvalue weighted by molar-refractivity contribution is -0.131. The molecule has 4 nitrogen and oxygen atoms in total. The van der Waals surface area contributed by atoms with Crippen molar-refractivity contribution in [2.24, 2.45) is 0 Å². The van der Waals surface area contributed by atoms with Gasteiger partial charge in [-0.05, 0) is 47.6 Å². The van der Waals surface area contributed by atoms with Gasteiger partial charge in [-0.3, -0.25) is 0 Å². The number of nitrogens with zero attached hydrogens (tertiary/aromatic N) is 2. The summed E-state index contributed by atoms with van der Waals surface area (Å²) in [7, 11) is 0. The van der Waals surface area contributed by atoms with Gasteiger partial charge in [0.2, 0.25) is 0 Å². The normalized spacial score (nSPS) is 15.9. The number of allylic oxidation sites excluding steroid dienone is 1. The van der Waals surface area contributed by atoms with Crippen molar-refractivity contribution in [3.63, 3.8) is 0 Å². The number of carboxylic acid groups (broad SMARTS) is 1. The lowest BCUT2D eigenvalue weighted by Crippen LogP contribution is -2.04. The van der Waals surface area contributed by atoms with Crippen LogP contribution in [0.3, 0.4) is 0 Å². The second kappa shape index (κ2) is 5.25. The molecule has 0 unspecified atom stereocenters. The molecule has 0 atom stereocenters. The molecular weight excluding hydrogens is 252 g/mol. The van der Waals surface area contributed by atoms with Gasteiger partial charge in [-0.2, -0.15) is 0 Å². The smallest absolute Gasteiger partial charge is 0.328 e. The molecule has 0 amide bonds. The van der Waals surface area contributed by atoms with E-state index in [1.165, 1.54) is 18.0 Å². The van der Waals surface area contributed by atoms with Crippen LogP contribution in [0.4, 0.5) is 0 Å². The van der Waals surface area contributed by atoms with E-state index < -0.39 is 5.97 Å². The Bertz CT molecular complexity index is 678. The molecule has 1 aromatic carbocycles. The maximum Gasteiger partial charge on any atom is 0.328 e. The first-order valence-electron chi connectivity index (χ1n) is 6.56. The fraction of sp³-hybridized carbons (Fsp3) is 0.188. The Morgan fingerprint density at radius 3 is 2.70 bits per heavy atom. The van der Waals surface area contributed by atoms with E-state index in [2.05, 4.69) is 16.0 Å². The molecular formula is C16H14N2O2. The molecule has 100 valence electrons. The molecule has 0 bridgehead atoms. The van der Waals surface area contributed by atoms with Gasteiger partial charge in [-0.1, -0.05) is 12.1 Å². The molecule has 0 saturated carbocycles. The summed E-state index contributed by atoms with van der Waals surface area (Å²) in [6, 6.07) is 6.16. The molecule has 1 aromatic heterocycles. The highest BCUT2D eigenvalue weighted by molar-refractivity contribution is 5.91. The minimum absolute atomic E-state index is 0.814. The van der Waals surface area contributed by atoms with Crippen LogP contribution in [-0.2, 0) is 11.2 Å². The van der Waals surface area contributed by atoms with Crippen molar-refractivity contribution < 1.29 is 9.90 Å². The van der Waals surface area contributed by atoms with Crippen LogP contribution in [0.2, 0.25) is 0 Å². The van der Waals surface area contributed by atoms with Crippen LogP contribution in [-0.4, -0.2) is 21.0 Å². The Morgan fingerprint density at radius 2 is 1.95 bits per heavy atom. The largest absolute Gasteiger partial charge is 0.478 e. The summed E-state index contributed by atoms with van der Waals surface area (Å²) in [5.41, 5.74) is 5.11. The van der Waals surface area contributed by atoms with Crippen LogP contribution in [0.25, 0.3) is 16.7 Å². The average molecular weight is 266 g/mol. The summed E-state index contributed by atoms with van der Waals surface area (Å²) in [6.45, 7) is 0. The fourth-order valence-corrected chi connectivity index (χ4v) is 2.62. The minimum atomic E-state index is -0.888. The summed E-state index contributed by atoms with van der Waals surface area (Å²) in [6.07, 6.45) is 9.16. The van der Waals surface area contributed by atoms with Crippen molar-refractivity contribution in [1.82, 2.24) is 9.97 Å². The predicted molar refractivity (Wildman–Crippen MR) is 76.0 cm³/mol. The molecule has 1 N–H and O–H groups in total. The summed E-state index contributed by atoms with van der Waals surface area (Å²) in [4.78, 5) is 19.0. The summed E-state index contributed by atoms with van der Waals surface area (Å²) < 4.78 is 0. The Balaban J connectivity index is 2.09. The Labute approximate surface area is 116 Å². The van der Waals surface area contributed by atoms with Gasteiger partial charge >= 0.3 is 5.97 Å². The van der Waals surface area contributed by atoms with E-state index in [0.717, 1.165) is 41.5 Å². The number of hydrogen-bond acceptors (Lipinski definition) is 3.